The van der Waals surface area contributed by atoms with E-state index in [0.29, 0.717) is 17.1 Å². The molecule has 0 saturated heterocycles. The van der Waals surface area contributed by atoms with E-state index in [9.17, 15) is 5.11 Å². The molecular weight excluding hydrogens is 304 g/mol. The molecule has 120 valence electrons. The van der Waals surface area contributed by atoms with Gasteiger partial charge in [0.1, 0.15) is 11.9 Å². The summed E-state index contributed by atoms with van der Waals surface area (Å²) >= 11 is 0. The molecule has 24 heavy (non-hydrogen) atoms. The largest absolute Gasteiger partial charge is 0.507 e. The Balaban J connectivity index is 1.55. The van der Waals surface area contributed by atoms with Crippen molar-refractivity contribution in [1.82, 2.24) is 19.7 Å². The van der Waals surface area contributed by atoms with E-state index >= 15 is 0 Å². The molecular formula is C18H16N4O2. The van der Waals surface area contributed by atoms with Crippen molar-refractivity contribution in [3.05, 3.63) is 61.2 Å². The number of imidazole rings is 1. The molecule has 6 nitrogen and oxygen atoms in total. The maximum atomic E-state index is 10.3. The fourth-order valence-electron chi connectivity index (χ4n) is 2.69. The van der Waals surface area contributed by atoms with Gasteiger partial charge in [-0.2, -0.15) is 0 Å². The minimum atomic E-state index is 0.143. The Morgan fingerprint density at radius 3 is 2.62 bits per heavy atom. The van der Waals surface area contributed by atoms with Gasteiger partial charge in [0.15, 0.2) is 0 Å². The summed E-state index contributed by atoms with van der Waals surface area (Å²) in [5.41, 5.74) is 2.05. The lowest BCUT2D eigenvalue weighted by Gasteiger charge is -2.12. The zero-order chi connectivity index (χ0) is 16.4. The van der Waals surface area contributed by atoms with Crippen molar-refractivity contribution in [2.24, 2.45) is 0 Å². The molecule has 2 aromatic heterocycles. The highest BCUT2D eigenvalue weighted by atomic mass is 16.5. The van der Waals surface area contributed by atoms with Gasteiger partial charge in [-0.05, 0) is 18.2 Å². The zero-order valence-electron chi connectivity index (χ0n) is 12.9. The fourth-order valence-corrected chi connectivity index (χ4v) is 2.69. The monoisotopic (exact) mass is 320 g/mol. The van der Waals surface area contributed by atoms with Gasteiger partial charge in [0.05, 0.1) is 17.7 Å². The van der Waals surface area contributed by atoms with Crippen molar-refractivity contribution in [3.8, 4) is 28.6 Å². The number of aromatic nitrogens is 4. The molecule has 1 N–H and O–H groups in total. The Hall–Kier alpha value is -3.15. The Morgan fingerprint density at radius 1 is 1.08 bits per heavy atom. The summed E-state index contributed by atoms with van der Waals surface area (Å²) < 4.78 is 7.58. The van der Waals surface area contributed by atoms with Crippen LogP contribution in [0.2, 0.25) is 0 Å². The normalized spacial score (nSPS) is 14.2. The van der Waals surface area contributed by atoms with Gasteiger partial charge in [0.2, 0.25) is 5.88 Å². The first-order chi connectivity index (χ1) is 11.8. The number of aromatic hydroxyl groups is 1. The van der Waals surface area contributed by atoms with E-state index < -0.39 is 0 Å². The second-order valence-electron chi connectivity index (χ2n) is 5.61. The lowest BCUT2D eigenvalue weighted by molar-refractivity contribution is 0.205. The standard InChI is InChI=1S/C18H16N4O2/c23-17-11-13(22-10-9-19-12-22)5-6-15(17)16-7-8-18(21-20-16)24-14-3-1-2-4-14/h1-2,5-12,14,23H,3-4H2. The van der Waals surface area contributed by atoms with E-state index in [1.54, 1.807) is 30.7 Å². The first-order valence-electron chi connectivity index (χ1n) is 7.77. The number of rotatable bonds is 4. The minimum absolute atomic E-state index is 0.143. The molecule has 0 unspecified atom stereocenters. The molecule has 0 radical (unpaired) electrons. The van der Waals surface area contributed by atoms with Gasteiger partial charge < -0.3 is 14.4 Å². The molecule has 6 heteroatoms. The van der Waals surface area contributed by atoms with Crippen LogP contribution in [0.1, 0.15) is 12.8 Å². The highest BCUT2D eigenvalue weighted by Gasteiger charge is 2.13. The summed E-state index contributed by atoms with van der Waals surface area (Å²) in [6.45, 7) is 0. The van der Waals surface area contributed by atoms with E-state index in [0.717, 1.165) is 18.5 Å². The third-order valence-electron chi connectivity index (χ3n) is 3.95. The molecule has 0 atom stereocenters. The Labute approximate surface area is 139 Å². The summed E-state index contributed by atoms with van der Waals surface area (Å²) in [6.07, 6.45) is 11.3. The first-order valence-corrected chi connectivity index (χ1v) is 7.77. The van der Waals surface area contributed by atoms with Gasteiger partial charge in [0, 0.05) is 42.9 Å². The van der Waals surface area contributed by atoms with E-state index in [4.69, 9.17) is 4.74 Å². The van der Waals surface area contributed by atoms with E-state index in [1.165, 1.54) is 0 Å². The number of benzene rings is 1. The summed E-state index contributed by atoms with van der Waals surface area (Å²) in [5, 5.41) is 18.6. The number of nitrogens with zero attached hydrogens (tertiary/aromatic N) is 4. The molecule has 0 saturated carbocycles. The average Bonchev–Trinajstić information content (AvgIpc) is 3.29. The minimum Gasteiger partial charge on any atom is -0.507 e. The van der Waals surface area contributed by atoms with Crippen LogP contribution in [0.4, 0.5) is 0 Å². The number of hydrogen-bond acceptors (Lipinski definition) is 5. The van der Waals surface area contributed by atoms with Crippen LogP contribution in [0.3, 0.4) is 0 Å². The predicted octanol–water partition coefficient (Wildman–Crippen LogP) is 3.13. The second-order valence-corrected chi connectivity index (χ2v) is 5.61. The van der Waals surface area contributed by atoms with Gasteiger partial charge in [0.25, 0.3) is 0 Å². The Morgan fingerprint density at radius 2 is 1.96 bits per heavy atom. The topological polar surface area (TPSA) is 73.1 Å². The van der Waals surface area contributed by atoms with Crippen molar-refractivity contribution in [2.75, 3.05) is 0 Å². The SMILES string of the molecule is Oc1cc(-n2ccnc2)ccc1-c1ccc(OC2CC=CC2)nn1. The molecule has 2 heterocycles. The highest BCUT2D eigenvalue weighted by molar-refractivity contribution is 5.68. The van der Waals surface area contributed by atoms with Gasteiger partial charge in [-0.15, -0.1) is 10.2 Å². The predicted molar refractivity (Wildman–Crippen MR) is 89.0 cm³/mol. The zero-order valence-corrected chi connectivity index (χ0v) is 12.9. The van der Waals surface area contributed by atoms with Gasteiger partial charge in [-0.3, -0.25) is 0 Å². The maximum Gasteiger partial charge on any atom is 0.233 e. The van der Waals surface area contributed by atoms with Crippen molar-refractivity contribution in [3.63, 3.8) is 0 Å². The third kappa shape index (κ3) is 2.86. The van der Waals surface area contributed by atoms with Crippen LogP contribution in [-0.4, -0.2) is 31.0 Å². The molecule has 0 fully saturated rings. The molecule has 4 rings (SSSR count). The Kier molecular flexibility index (Phi) is 3.70. The third-order valence-corrected chi connectivity index (χ3v) is 3.95. The molecule has 0 aliphatic heterocycles. The van der Waals surface area contributed by atoms with Crippen LogP contribution in [0.25, 0.3) is 16.9 Å². The van der Waals surface area contributed by atoms with Crippen LogP contribution in [-0.2, 0) is 0 Å². The fraction of sp³-hybridized carbons (Fsp3) is 0.167. The van der Waals surface area contributed by atoms with Crippen LogP contribution in [0.5, 0.6) is 11.6 Å². The number of hydrogen-bond donors (Lipinski definition) is 1. The molecule has 1 aliphatic carbocycles. The van der Waals surface area contributed by atoms with Crippen molar-refractivity contribution in [1.29, 1.82) is 0 Å². The lowest BCUT2D eigenvalue weighted by Crippen LogP contribution is -2.12. The Bertz CT molecular complexity index is 849. The maximum absolute atomic E-state index is 10.3. The van der Waals surface area contributed by atoms with Crippen LogP contribution >= 0.6 is 0 Å². The summed E-state index contributed by atoms with van der Waals surface area (Å²) in [6, 6.07) is 8.97. The van der Waals surface area contributed by atoms with E-state index in [1.807, 2.05) is 22.9 Å². The first kappa shape index (κ1) is 14.4. The van der Waals surface area contributed by atoms with Crippen LogP contribution < -0.4 is 4.74 Å². The molecule has 1 aliphatic rings. The average molecular weight is 320 g/mol. The lowest BCUT2D eigenvalue weighted by atomic mass is 10.1. The van der Waals surface area contributed by atoms with Crippen molar-refractivity contribution >= 4 is 0 Å². The van der Waals surface area contributed by atoms with Crippen molar-refractivity contribution < 1.29 is 9.84 Å². The molecule has 0 amide bonds. The number of phenols is 1. The van der Waals surface area contributed by atoms with Gasteiger partial charge in [-0.25, -0.2) is 4.98 Å². The smallest absolute Gasteiger partial charge is 0.233 e. The van der Waals surface area contributed by atoms with Crippen molar-refractivity contribution in [2.45, 2.75) is 18.9 Å². The summed E-state index contributed by atoms with van der Waals surface area (Å²) in [4.78, 5) is 4.00. The highest BCUT2D eigenvalue weighted by Crippen LogP contribution is 2.30. The summed E-state index contributed by atoms with van der Waals surface area (Å²) in [7, 11) is 0. The van der Waals surface area contributed by atoms with E-state index in [-0.39, 0.29) is 11.9 Å². The van der Waals surface area contributed by atoms with Crippen LogP contribution in [0, 0.1) is 0 Å². The molecule has 0 spiro atoms. The summed E-state index contributed by atoms with van der Waals surface area (Å²) in [5.74, 6) is 0.645. The molecule has 1 aromatic carbocycles. The number of ether oxygens (including phenoxy) is 1. The van der Waals surface area contributed by atoms with E-state index in [2.05, 4.69) is 27.3 Å². The quantitative estimate of drug-likeness (QED) is 0.748. The number of phenolic OH excluding ortho intramolecular Hbond substituents is 1. The van der Waals surface area contributed by atoms with Gasteiger partial charge in [-0.1, -0.05) is 12.2 Å². The van der Waals surface area contributed by atoms with Gasteiger partial charge >= 0.3 is 0 Å². The molecule has 0 bridgehead atoms. The molecule has 3 aromatic rings. The second kappa shape index (κ2) is 6.16. The van der Waals surface area contributed by atoms with Crippen LogP contribution in [0.15, 0.2) is 61.2 Å².